The number of nitrogens with zero attached hydrogens (tertiary/aromatic N) is 4. The van der Waals surface area contributed by atoms with Crippen LogP contribution < -0.4 is 10.6 Å². The number of nitrogens with one attached hydrogen (secondary N) is 1. The van der Waals surface area contributed by atoms with Crippen molar-refractivity contribution in [3.05, 3.63) is 34.7 Å². The number of hydrogen-bond donors (Lipinski definition) is 2. The lowest BCUT2D eigenvalue weighted by Crippen LogP contribution is -2.16. The number of carbonyl (C=O) groups excluding carboxylic acids is 1. The molecule has 0 aliphatic heterocycles. The maximum absolute atomic E-state index is 11.4. The molecule has 1 aromatic rings. The molecule has 0 unspecified atom stereocenters. The molecule has 112 valence electrons. The van der Waals surface area contributed by atoms with Gasteiger partial charge in [-0.1, -0.05) is 0 Å². The van der Waals surface area contributed by atoms with Crippen LogP contribution in [0.2, 0.25) is 0 Å². The second-order valence-corrected chi connectivity index (χ2v) is 5.09. The molecule has 0 spiro atoms. The number of primary sulfonamides is 1. The van der Waals surface area contributed by atoms with E-state index in [1.165, 1.54) is 24.3 Å². The molecule has 21 heavy (non-hydrogen) atoms. The molecule has 0 saturated heterocycles. The van der Waals surface area contributed by atoms with Crippen LogP contribution in [-0.4, -0.2) is 26.8 Å². The molecule has 10 nitrogen and oxygen atoms in total. The number of ether oxygens (including phenoxy) is 1. The van der Waals surface area contributed by atoms with Crippen molar-refractivity contribution in [2.45, 2.75) is 11.8 Å². The number of anilines is 1. The zero-order valence-corrected chi connectivity index (χ0v) is 11.7. The summed E-state index contributed by atoms with van der Waals surface area (Å²) >= 11 is 0. The van der Waals surface area contributed by atoms with Gasteiger partial charge in [-0.15, -0.1) is 0 Å². The summed E-state index contributed by atoms with van der Waals surface area (Å²) in [5.74, 6) is -1.39. The van der Waals surface area contributed by atoms with Crippen LogP contribution in [0.3, 0.4) is 0 Å². The fourth-order valence-electron chi connectivity index (χ4n) is 1.18. The summed E-state index contributed by atoms with van der Waals surface area (Å²) in [5, 5.41) is 11.6. The largest absolute Gasteiger partial charge is 0.461 e. The molecule has 11 heteroatoms. The van der Waals surface area contributed by atoms with Gasteiger partial charge in [0.15, 0.2) is 0 Å². The van der Waals surface area contributed by atoms with Gasteiger partial charge in [0.25, 0.3) is 0 Å². The lowest BCUT2D eigenvalue weighted by molar-refractivity contribution is -0.135. The van der Waals surface area contributed by atoms with Crippen molar-refractivity contribution in [2.75, 3.05) is 12.0 Å². The molecule has 0 heterocycles. The number of hydrazone groups is 1. The van der Waals surface area contributed by atoms with Gasteiger partial charge in [-0.25, -0.2) is 18.4 Å². The maximum atomic E-state index is 11.4. The number of rotatable bonds is 4. The predicted molar refractivity (Wildman–Crippen MR) is 74.7 cm³/mol. The van der Waals surface area contributed by atoms with E-state index in [4.69, 9.17) is 10.7 Å². The monoisotopic (exact) mass is 312 g/mol. The van der Waals surface area contributed by atoms with Gasteiger partial charge in [-0.05, 0) is 41.8 Å². The third-order valence-corrected chi connectivity index (χ3v) is 3.00. The zero-order chi connectivity index (χ0) is 15.9. The van der Waals surface area contributed by atoms with E-state index in [0.717, 1.165) is 0 Å². The molecule has 0 aliphatic carbocycles. The lowest BCUT2D eigenvalue weighted by atomic mass is 10.3. The van der Waals surface area contributed by atoms with Crippen LogP contribution in [0.1, 0.15) is 6.92 Å². The molecule has 0 saturated carbocycles. The van der Waals surface area contributed by atoms with Crippen molar-refractivity contribution in [1.29, 1.82) is 0 Å². The van der Waals surface area contributed by atoms with Crippen LogP contribution in [0.15, 0.2) is 39.4 Å². The van der Waals surface area contributed by atoms with E-state index < -0.39 is 21.8 Å². The van der Waals surface area contributed by atoms with Crippen molar-refractivity contribution >= 4 is 27.5 Å². The number of esters is 1. The van der Waals surface area contributed by atoms with E-state index in [9.17, 15) is 13.2 Å². The molecule has 0 atom stereocenters. The van der Waals surface area contributed by atoms with E-state index in [0.29, 0.717) is 5.69 Å². The number of hydrogen-bond acceptors (Lipinski definition) is 6. The number of nitrogens with two attached hydrogens (primary N) is 1. The number of sulfonamides is 1. The molecule has 0 bridgehead atoms. The van der Waals surface area contributed by atoms with Crippen molar-refractivity contribution in [2.24, 2.45) is 15.4 Å². The van der Waals surface area contributed by atoms with Crippen molar-refractivity contribution < 1.29 is 17.9 Å². The van der Waals surface area contributed by atoms with Gasteiger partial charge in [0, 0.05) is 4.91 Å². The third kappa shape index (κ3) is 5.10. The van der Waals surface area contributed by atoms with Gasteiger partial charge in [0.05, 0.1) is 17.2 Å². The van der Waals surface area contributed by atoms with Gasteiger partial charge >= 0.3 is 5.97 Å². The Morgan fingerprint density at radius 1 is 1.43 bits per heavy atom. The molecule has 1 rings (SSSR count). The fourth-order valence-corrected chi connectivity index (χ4v) is 1.70. The minimum absolute atomic E-state index is 0.0716. The van der Waals surface area contributed by atoms with Crippen molar-refractivity contribution in [3.63, 3.8) is 0 Å². The highest BCUT2D eigenvalue weighted by atomic mass is 32.2. The average Bonchev–Trinajstić information content (AvgIpc) is 2.43. The van der Waals surface area contributed by atoms with Gasteiger partial charge < -0.3 is 4.74 Å². The summed E-state index contributed by atoms with van der Waals surface area (Å²) in [5.41, 5.74) is 11.1. The van der Waals surface area contributed by atoms with Gasteiger partial charge in [-0.2, -0.15) is 5.10 Å². The van der Waals surface area contributed by atoms with E-state index in [1.807, 2.05) is 0 Å². The van der Waals surface area contributed by atoms with E-state index in [2.05, 4.69) is 25.3 Å². The first kappa shape index (κ1) is 16.4. The Morgan fingerprint density at radius 2 is 2.05 bits per heavy atom. The highest BCUT2D eigenvalue weighted by Crippen LogP contribution is 2.12. The highest BCUT2D eigenvalue weighted by Gasteiger charge is 2.11. The second-order valence-electron chi connectivity index (χ2n) is 3.53. The Morgan fingerprint density at radius 3 is 2.52 bits per heavy atom. The summed E-state index contributed by atoms with van der Waals surface area (Å²) in [6, 6.07) is 5.26. The van der Waals surface area contributed by atoms with Crippen LogP contribution in [0.25, 0.3) is 10.4 Å². The Labute approximate surface area is 120 Å². The van der Waals surface area contributed by atoms with Gasteiger partial charge in [0.2, 0.25) is 15.9 Å². The summed E-state index contributed by atoms with van der Waals surface area (Å²) in [6.07, 6.45) is 0. The van der Waals surface area contributed by atoms with E-state index >= 15 is 0 Å². The summed E-state index contributed by atoms with van der Waals surface area (Å²) in [6.45, 7) is 1.69. The Kier molecular flexibility index (Phi) is 5.67. The van der Waals surface area contributed by atoms with Gasteiger partial charge in [-0.3, -0.25) is 5.43 Å². The third-order valence-electron chi connectivity index (χ3n) is 2.07. The SMILES string of the molecule is CCOC(=O)C(N=[N+]=[N-])=NNc1ccc(S(N)(=O)=O)cc1. The Balaban J connectivity index is 2.91. The fraction of sp³-hybridized carbons (Fsp3) is 0.200. The number of amidine groups is 1. The summed E-state index contributed by atoms with van der Waals surface area (Å²) in [4.78, 5) is 13.8. The summed E-state index contributed by atoms with van der Waals surface area (Å²) < 4.78 is 26.8. The van der Waals surface area contributed by atoms with Crippen LogP contribution in [0.5, 0.6) is 0 Å². The molecule has 1 aromatic carbocycles. The second kappa shape index (κ2) is 7.24. The van der Waals surface area contributed by atoms with Crippen LogP contribution in [0, 0.1) is 0 Å². The van der Waals surface area contributed by atoms with E-state index in [1.54, 1.807) is 6.92 Å². The molecular formula is C10H12N6O4S. The lowest BCUT2D eigenvalue weighted by Gasteiger charge is -2.04. The minimum atomic E-state index is -3.78. The minimum Gasteiger partial charge on any atom is -0.461 e. The van der Waals surface area contributed by atoms with Gasteiger partial charge in [0.1, 0.15) is 0 Å². The first-order chi connectivity index (χ1) is 9.88. The molecular weight excluding hydrogens is 300 g/mol. The van der Waals surface area contributed by atoms with Crippen molar-refractivity contribution in [1.82, 2.24) is 0 Å². The highest BCUT2D eigenvalue weighted by molar-refractivity contribution is 7.89. The molecule has 0 fully saturated rings. The number of carbonyl (C=O) groups is 1. The summed E-state index contributed by atoms with van der Waals surface area (Å²) in [7, 11) is -3.78. The first-order valence-electron chi connectivity index (χ1n) is 5.57. The quantitative estimate of drug-likeness (QED) is 0.161. The molecule has 3 N–H and O–H groups in total. The Bertz CT molecular complexity index is 691. The topological polar surface area (TPSA) is 160 Å². The Hall–Kier alpha value is -2.62. The van der Waals surface area contributed by atoms with Crippen LogP contribution in [-0.2, 0) is 19.6 Å². The number of benzene rings is 1. The average molecular weight is 312 g/mol. The molecule has 0 radical (unpaired) electrons. The van der Waals surface area contributed by atoms with Crippen molar-refractivity contribution in [3.8, 4) is 0 Å². The smallest absolute Gasteiger partial charge is 0.361 e. The normalized spacial score (nSPS) is 11.4. The maximum Gasteiger partial charge on any atom is 0.361 e. The van der Waals surface area contributed by atoms with E-state index in [-0.39, 0.29) is 11.5 Å². The first-order valence-corrected chi connectivity index (χ1v) is 7.12. The molecule has 0 aliphatic rings. The molecule has 0 aromatic heterocycles. The molecule has 0 amide bonds. The van der Waals surface area contributed by atoms with Crippen LogP contribution in [0.4, 0.5) is 5.69 Å². The zero-order valence-electron chi connectivity index (χ0n) is 10.9. The predicted octanol–water partition coefficient (Wildman–Crippen LogP) is 0.933. The standard InChI is InChI=1S/C10H12N6O4S/c1-2-20-10(17)9(15-16-11)14-13-7-3-5-8(6-4-7)21(12,18)19/h3-6,13H,2H2,1H3,(H2,12,18,19). The van der Waals surface area contributed by atoms with Crippen LogP contribution >= 0.6 is 0 Å². The number of azide groups is 1.